The molecule has 11 nitrogen and oxygen atoms in total. The Hall–Kier alpha value is -4.72. The Morgan fingerprint density at radius 2 is 1.81 bits per heavy atom. The van der Waals surface area contributed by atoms with Gasteiger partial charge < -0.3 is 4.42 Å². The molecule has 5 aromatic rings. The summed E-state index contributed by atoms with van der Waals surface area (Å²) in [4.78, 5) is 28.6. The lowest BCUT2D eigenvalue weighted by molar-refractivity contribution is -0.402. The number of furan rings is 1. The van der Waals surface area contributed by atoms with Crippen molar-refractivity contribution >= 4 is 54.7 Å². The SMILES string of the molecule is CCN(Cc1ccccc1)S(=O)(=O)c1ccc(C(=O)N(/N=C/c2ccc([N+](=O)[O-])o2)c2nc3ccc(C)cc3s2)cc1. The first-order chi connectivity index (χ1) is 20.2. The third-order valence-corrected chi connectivity index (χ3v) is 9.22. The normalized spacial score (nSPS) is 11.9. The van der Waals surface area contributed by atoms with Gasteiger partial charge in [-0.15, -0.1) is 0 Å². The molecule has 0 aliphatic rings. The molecular formula is C29H25N5O6S2. The molecule has 0 aliphatic heterocycles. The fraction of sp³-hybridized carbons (Fsp3) is 0.138. The number of carbonyl (C=O) groups excluding carboxylic acids is 1. The number of carbonyl (C=O) groups is 1. The van der Waals surface area contributed by atoms with Gasteiger partial charge in [-0.05, 0) is 60.5 Å². The molecule has 2 aromatic heterocycles. The molecule has 214 valence electrons. The summed E-state index contributed by atoms with van der Waals surface area (Å²) in [5, 5.41) is 16.6. The van der Waals surface area contributed by atoms with Crippen molar-refractivity contribution in [3.63, 3.8) is 0 Å². The van der Waals surface area contributed by atoms with E-state index >= 15 is 0 Å². The summed E-state index contributed by atoms with van der Waals surface area (Å²) in [6, 6.07) is 23.1. The van der Waals surface area contributed by atoms with Crippen molar-refractivity contribution in [1.82, 2.24) is 9.29 Å². The molecule has 0 N–H and O–H groups in total. The Bertz CT molecular complexity index is 1880. The minimum absolute atomic E-state index is 0.0465. The Balaban J connectivity index is 1.45. The van der Waals surface area contributed by atoms with E-state index in [1.165, 1.54) is 58.3 Å². The molecule has 0 saturated heterocycles. The summed E-state index contributed by atoms with van der Waals surface area (Å²) in [5.41, 5.74) is 2.71. The van der Waals surface area contributed by atoms with Gasteiger partial charge in [0.1, 0.15) is 4.92 Å². The van der Waals surface area contributed by atoms with Gasteiger partial charge in [-0.1, -0.05) is 54.7 Å². The van der Waals surface area contributed by atoms with Gasteiger partial charge in [0.05, 0.1) is 27.4 Å². The Kier molecular flexibility index (Phi) is 8.24. The standard InChI is InChI=1S/C29H25N5O6S2/c1-3-32(19-21-7-5-4-6-8-21)42(38,39)24-13-10-22(11-14-24)28(35)33(30-18-23-12-16-27(40-23)34(36)37)29-31-25-15-9-20(2)17-26(25)41-29/h4-18H,3,19H2,1-2H3/b30-18+. The molecule has 42 heavy (non-hydrogen) atoms. The smallest absolute Gasteiger partial charge is 0.400 e. The fourth-order valence-electron chi connectivity index (χ4n) is 4.12. The van der Waals surface area contributed by atoms with Crippen LogP contribution < -0.4 is 5.01 Å². The number of hydrazone groups is 1. The van der Waals surface area contributed by atoms with Crippen LogP contribution in [0.4, 0.5) is 11.0 Å². The zero-order valence-electron chi connectivity index (χ0n) is 22.6. The number of benzene rings is 3. The lowest BCUT2D eigenvalue weighted by Gasteiger charge is -2.21. The van der Waals surface area contributed by atoms with Gasteiger partial charge in [-0.25, -0.2) is 13.4 Å². The highest BCUT2D eigenvalue weighted by atomic mass is 32.2. The van der Waals surface area contributed by atoms with E-state index in [0.717, 1.165) is 20.8 Å². The summed E-state index contributed by atoms with van der Waals surface area (Å²) in [7, 11) is -3.84. The second-order valence-electron chi connectivity index (χ2n) is 9.20. The van der Waals surface area contributed by atoms with Crippen molar-refractivity contribution in [2.24, 2.45) is 5.10 Å². The molecule has 0 spiro atoms. The number of fused-ring (bicyclic) bond motifs is 1. The van der Waals surface area contributed by atoms with Crippen molar-refractivity contribution < 1.29 is 22.6 Å². The summed E-state index contributed by atoms with van der Waals surface area (Å²) >= 11 is 1.24. The number of rotatable bonds is 10. The van der Waals surface area contributed by atoms with E-state index in [9.17, 15) is 23.3 Å². The van der Waals surface area contributed by atoms with Crippen LogP contribution in [-0.2, 0) is 16.6 Å². The minimum atomic E-state index is -3.84. The predicted molar refractivity (Wildman–Crippen MR) is 160 cm³/mol. The van der Waals surface area contributed by atoms with Crippen molar-refractivity contribution in [3.8, 4) is 0 Å². The summed E-state index contributed by atoms with van der Waals surface area (Å²) in [5.74, 6) is -0.977. The highest BCUT2D eigenvalue weighted by Gasteiger charge is 2.26. The molecule has 0 atom stereocenters. The largest absolute Gasteiger partial charge is 0.433 e. The van der Waals surface area contributed by atoms with Gasteiger partial charge in [0.15, 0.2) is 5.76 Å². The van der Waals surface area contributed by atoms with Crippen LogP contribution in [0.25, 0.3) is 10.2 Å². The third kappa shape index (κ3) is 6.12. The number of nitrogens with zero attached hydrogens (tertiary/aromatic N) is 5. The molecule has 2 heterocycles. The first-order valence-corrected chi connectivity index (χ1v) is 15.1. The number of aromatic nitrogens is 1. The van der Waals surface area contributed by atoms with E-state index in [2.05, 4.69) is 10.1 Å². The number of nitro groups is 1. The average molecular weight is 604 g/mol. The van der Waals surface area contributed by atoms with Crippen LogP contribution in [0, 0.1) is 17.0 Å². The number of aryl methyl sites for hydroxylation is 1. The quantitative estimate of drug-likeness (QED) is 0.108. The van der Waals surface area contributed by atoms with Crippen molar-refractivity contribution in [3.05, 3.63) is 117 Å². The van der Waals surface area contributed by atoms with Crippen LogP contribution in [0.3, 0.4) is 0 Å². The average Bonchev–Trinajstić information content (AvgIpc) is 3.64. The van der Waals surface area contributed by atoms with E-state index < -0.39 is 26.7 Å². The number of thiazole rings is 1. The maximum Gasteiger partial charge on any atom is 0.433 e. The first-order valence-electron chi connectivity index (χ1n) is 12.8. The summed E-state index contributed by atoms with van der Waals surface area (Å²) < 4.78 is 34.1. The minimum Gasteiger partial charge on any atom is -0.400 e. The molecular weight excluding hydrogens is 578 g/mol. The van der Waals surface area contributed by atoms with Gasteiger partial charge in [0, 0.05) is 18.7 Å². The number of anilines is 1. The van der Waals surface area contributed by atoms with Crippen LogP contribution in [0.2, 0.25) is 0 Å². The van der Waals surface area contributed by atoms with E-state index in [4.69, 9.17) is 4.42 Å². The topological polar surface area (TPSA) is 139 Å². The molecule has 3 aromatic carbocycles. The first kappa shape index (κ1) is 28.8. The van der Waals surface area contributed by atoms with E-state index in [0.29, 0.717) is 5.52 Å². The van der Waals surface area contributed by atoms with Crippen molar-refractivity contribution in [1.29, 1.82) is 0 Å². The molecule has 1 amide bonds. The predicted octanol–water partition coefficient (Wildman–Crippen LogP) is 6.00. The van der Waals surface area contributed by atoms with Gasteiger partial charge in [0.2, 0.25) is 15.2 Å². The molecule has 0 fully saturated rings. The molecule has 13 heteroatoms. The van der Waals surface area contributed by atoms with Crippen LogP contribution in [0.5, 0.6) is 0 Å². The Morgan fingerprint density at radius 1 is 1.07 bits per heavy atom. The number of amides is 1. The number of hydrogen-bond donors (Lipinski definition) is 0. The summed E-state index contributed by atoms with van der Waals surface area (Å²) in [6.07, 6.45) is 1.18. The van der Waals surface area contributed by atoms with Gasteiger partial charge >= 0.3 is 5.88 Å². The number of sulfonamides is 1. The fourth-order valence-corrected chi connectivity index (χ4v) is 6.58. The molecule has 5 rings (SSSR count). The van der Waals surface area contributed by atoms with E-state index in [1.54, 1.807) is 6.92 Å². The van der Waals surface area contributed by atoms with Crippen molar-refractivity contribution in [2.45, 2.75) is 25.3 Å². The monoisotopic (exact) mass is 603 g/mol. The molecule has 0 radical (unpaired) electrons. The molecule has 0 aliphatic carbocycles. The highest BCUT2D eigenvalue weighted by molar-refractivity contribution is 7.89. The van der Waals surface area contributed by atoms with Crippen LogP contribution in [0.1, 0.15) is 34.2 Å². The Labute approximate surface area is 245 Å². The maximum atomic E-state index is 13.7. The van der Waals surface area contributed by atoms with Crippen LogP contribution >= 0.6 is 11.3 Å². The zero-order chi connectivity index (χ0) is 29.9. The maximum absolute atomic E-state index is 13.7. The second-order valence-corrected chi connectivity index (χ2v) is 12.2. The van der Waals surface area contributed by atoms with Gasteiger partial charge in [-0.2, -0.15) is 14.4 Å². The summed E-state index contributed by atoms with van der Waals surface area (Å²) in [6.45, 7) is 4.19. The van der Waals surface area contributed by atoms with E-state index in [-0.39, 0.29) is 34.4 Å². The van der Waals surface area contributed by atoms with Crippen LogP contribution in [0.15, 0.2) is 99.3 Å². The number of hydrogen-bond acceptors (Lipinski definition) is 9. The molecule has 0 bridgehead atoms. The molecule has 0 saturated carbocycles. The zero-order valence-corrected chi connectivity index (χ0v) is 24.2. The van der Waals surface area contributed by atoms with E-state index in [1.807, 2.05) is 55.5 Å². The second kappa shape index (κ2) is 12.0. The Morgan fingerprint density at radius 3 is 2.48 bits per heavy atom. The van der Waals surface area contributed by atoms with Gasteiger partial charge in [0.25, 0.3) is 5.91 Å². The van der Waals surface area contributed by atoms with Gasteiger partial charge in [-0.3, -0.25) is 14.9 Å². The van der Waals surface area contributed by atoms with Crippen molar-refractivity contribution in [2.75, 3.05) is 11.6 Å². The lowest BCUT2D eigenvalue weighted by atomic mass is 10.2. The molecule has 0 unspecified atom stereocenters. The highest BCUT2D eigenvalue weighted by Crippen LogP contribution is 2.31. The lowest BCUT2D eigenvalue weighted by Crippen LogP contribution is -2.30. The third-order valence-electron chi connectivity index (χ3n) is 6.29. The van der Waals surface area contributed by atoms with Crippen LogP contribution in [-0.4, -0.2) is 41.3 Å².